The molecule has 1 aromatic heterocycles. The fraction of sp³-hybridized carbons (Fsp3) is 0.100. The molecule has 0 fully saturated rings. The van der Waals surface area contributed by atoms with E-state index in [0.717, 1.165) is 17.9 Å². The van der Waals surface area contributed by atoms with Gasteiger partial charge in [0.05, 0.1) is 12.1 Å². The molecule has 0 atom stereocenters. The normalized spacial score (nSPS) is 10.0. The second-order valence-electron chi connectivity index (χ2n) is 2.95. The van der Waals surface area contributed by atoms with Gasteiger partial charge in [-0.05, 0) is 18.2 Å². The molecule has 0 saturated heterocycles. The summed E-state index contributed by atoms with van der Waals surface area (Å²) in [7, 11) is 0. The summed E-state index contributed by atoms with van der Waals surface area (Å²) in [5.41, 5.74) is 9.30. The van der Waals surface area contributed by atoms with Crippen molar-refractivity contribution in [2.45, 2.75) is 6.54 Å². The van der Waals surface area contributed by atoms with Gasteiger partial charge in [-0.25, -0.2) is 0 Å². The fourth-order valence-electron chi connectivity index (χ4n) is 1.17. The Morgan fingerprint density at radius 2 is 2.36 bits per heavy atom. The number of benzene rings is 1. The molecule has 0 aliphatic heterocycles. The second kappa shape index (κ2) is 4.11. The van der Waals surface area contributed by atoms with Gasteiger partial charge in [0, 0.05) is 22.4 Å². The molecule has 3 nitrogen and oxygen atoms in total. The molecule has 14 heavy (non-hydrogen) atoms. The van der Waals surface area contributed by atoms with Crippen molar-refractivity contribution in [3.05, 3.63) is 40.8 Å². The third-order valence-corrected chi connectivity index (χ3v) is 2.62. The van der Waals surface area contributed by atoms with Gasteiger partial charge in [-0.3, -0.25) is 4.98 Å². The van der Waals surface area contributed by atoms with Crippen LogP contribution in [-0.2, 0) is 6.54 Å². The van der Waals surface area contributed by atoms with E-state index in [2.05, 4.69) is 10.3 Å². The van der Waals surface area contributed by atoms with Gasteiger partial charge in [0.15, 0.2) is 0 Å². The van der Waals surface area contributed by atoms with Crippen molar-refractivity contribution in [1.29, 1.82) is 0 Å². The monoisotopic (exact) mass is 205 g/mol. The van der Waals surface area contributed by atoms with Crippen LogP contribution in [0, 0.1) is 0 Å². The van der Waals surface area contributed by atoms with Crippen LogP contribution in [0.2, 0.25) is 0 Å². The minimum absolute atomic E-state index is 0.777. The van der Waals surface area contributed by atoms with Crippen LogP contribution in [0.25, 0.3) is 0 Å². The minimum atomic E-state index is 0.777. The quantitative estimate of drug-likeness (QED) is 0.756. The van der Waals surface area contributed by atoms with Gasteiger partial charge in [-0.2, -0.15) is 0 Å². The van der Waals surface area contributed by atoms with E-state index < -0.39 is 0 Å². The number of hydrogen-bond donors (Lipinski definition) is 2. The molecule has 0 radical (unpaired) electrons. The maximum atomic E-state index is 5.66. The van der Waals surface area contributed by atoms with Crippen LogP contribution in [0.5, 0.6) is 0 Å². The largest absolute Gasteiger partial charge is 0.399 e. The maximum Gasteiger partial charge on any atom is 0.0794 e. The molecular formula is C10H11N3S. The Morgan fingerprint density at radius 1 is 1.43 bits per heavy atom. The highest BCUT2D eigenvalue weighted by Crippen LogP contribution is 2.14. The van der Waals surface area contributed by atoms with Gasteiger partial charge >= 0.3 is 0 Å². The number of nitrogens with one attached hydrogen (secondary N) is 1. The summed E-state index contributed by atoms with van der Waals surface area (Å²) >= 11 is 1.64. The van der Waals surface area contributed by atoms with Gasteiger partial charge in [-0.1, -0.05) is 6.07 Å². The Morgan fingerprint density at radius 3 is 3.07 bits per heavy atom. The van der Waals surface area contributed by atoms with E-state index in [1.165, 1.54) is 4.88 Å². The third kappa shape index (κ3) is 2.23. The molecule has 2 rings (SSSR count). The summed E-state index contributed by atoms with van der Waals surface area (Å²) in [6.45, 7) is 0.800. The summed E-state index contributed by atoms with van der Waals surface area (Å²) in [6, 6.07) is 7.72. The molecule has 0 amide bonds. The zero-order valence-electron chi connectivity index (χ0n) is 7.60. The molecule has 0 bridgehead atoms. The molecule has 0 spiro atoms. The Hall–Kier alpha value is -1.55. The molecule has 0 saturated carbocycles. The molecule has 72 valence electrons. The molecule has 1 heterocycles. The summed E-state index contributed by atoms with van der Waals surface area (Å²) in [4.78, 5) is 5.22. The van der Waals surface area contributed by atoms with Crippen molar-refractivity contribution in [1.82, 2.24) is 4.98 Å². The van der Waals surface area contributed by atoms with Crippen LogP contribution in [0.1, 0.15) is 4.88 Å². The lowest BCUT2D eigenvalue weighted by Crippen LogP contribution is -1.97. The Labute approximate surface area is 86.6 Å². The lowest BCUT2D eigenvalue weighted by atomic mass is 10.3. The number of nitrogens with zero attached hydrogens (tertiary/aromatic N) is 1. The SMILES string of the molecule is Nc1cccc(NCc2cncs2)c1. The van der Waals surface area contributed by atoms with E-state index in [0.29, 0.717) is 0 Å². The van der Waals surface area contributed by atoms with E-state index in [9.17, 15) is 0 Å². The van der Waals surface area contributed by atoms with Gasteiger partial charge in [0.25, 0.3) is 0 Å². The van der Waals surface area contributed by atoms with Crippen LogP contribution in [0.4, 0.5) is 11.4 Å². The van der Waals surface area contributed by atoms with Crippen LogP contribution < -0.4 is 11.1 Å². The highest BCUT2D eigenvalue weighted by Gasteiger charge is 1.95. The molecule has 3 N–H and O–H groups in total. The third-order valence-electron chi connectivity index (χ3n) is 1.84. The number of rotatable bonds is 3. The number of thiazole rings is 1. The number of hydrogen-bond acceptors (Lipinski definition) is 4. The Kier molecular flexibility index (Phi) is 2.65. The number of aromatic nitrogens is 1. The molecule has 0 unspecified atom stereocenters. The zero-order chi connectivity index (χ0) is 9.80. The van der Waals surface area contributed by atoms with Crippen molar-refractivity contribution < 1.29 is 0 Å². The second-order valence-corrected chi connectivity index (χ2v) is 3.92. The van der Waals surface area contributed by atoms with Crippen molar-refractivity contribution in [2.24, 2.45) is 0 Å². The maximum absolute atomic E-state index is 5.66. The average molecular weight is 205 g/mol. The molecule has 1 aromatic carbocycles. The van der Waals surface area contributed by atoms with Crippen LogP contribution in [0.15, 0.2) is 36.0 Å². The summed E-state index contributed by atoms with van der Waals surface area (Å²) in [5.74, 6) is 0. The first-order valence-corrected chi connectivity index (χ1v) is 5.19. The Balaban J connectivity index is 1.98. The summed E-state index contributed by atoms with van der Waals surface area (Å²) in [5, 5.41) is 3.28. The predicted octanol–water partition coefficient (Wildman–Crippen LogP) is 2.34. The number of nitrogens with two attached hydrogens (primary N) is 1. The zero-order valence-corrected chi connectivity index (χ0v) is 8.42. The molecule has 0 aliphatic rings. The molecular weight excluding hydrogens is 194 g/mol. The van der Waals surface area contributed by atoms with E-state index in [4.69, 9.17) is 5.73 Å². The van der Waals surface area contributed by atoms with Crippen molar-refractivity contribution in [2.75, 3.05) is 11.1 Å². The van der Waals surface area contributed by atoms with Crippen LogP contribution in [-0.4, -0.2) is 4.98 Å². The first-order valence-electron chi connectivity index (χ1n) is 4.31. The van der Waals surface area contributed by atoms with Gasteiger partial charge in [0.2, 0.25) is 0 Å². The van der Waals surface area contributed by atoms with E-state index in [1.807, 2.05) is 36.0 Å². The summed E-state index contributed by atoms with van der Waals surface area (Å²) < 4.78 is 0. The van der Waals surface area contributed by atoms with Gasteiger partial charge in [-0.15, -0.1) is 11.3 Å². The smallest absolute Gasteiger partial charge is 0.0794 e. The number of anilines is 2. The highest BCUT2D eigenvalue weighted by molar-refractivity contribution is 7.09. The lowest BCUT2D eigenvalue weighted by molar-refractivity contribution is 1.18. The van der Waals surface area contributed by atoms with E-state index >= 15 is 0 Å². The molecule has 4 heteroatoms. The first-order chi connectivity index (χ1) is 6.84. The standard InChI is InChI=1S/C10H11N3S/c11-8-2-1-3-9(4-8)13-6-10-5-12-7-14-10/h1-5,7,13H,6,11H2. The van der Waals surface area contributed by atoms with Crippen LogP contribution in [0.3, 0.4) is 0 Å². The lowest BCUT2D eigenvalue weighted by Gasteiger charge is -2.04. The van der Waals surface area contributed by atoms with Crippen molar-refractivity contribution in [3.63, 3.8) is 0 Å². The molecule has 0 aliphatic carbocycles. The highest BCUT2D eigenvalue weighted by atomic mass is 32.1. The topological polar surface area (TPSA) is 50.9 Å². The van der Waals surface area contributed by atoms with E-state index in [-0.39, 0.29) is 0 Å². The molecule has 2 aromatic rings. The van der Waals surface area contributed by atoms with Gasteiger partial charge < -0.3 is 11.1 Å². The number of nitrogen functional groups attached to an aromatic ring is 1. The average Bonchev–Trinajstić information content (AvgIpc) is 2.67. The summed E-state index contributed by atoms with van der Waals surface area (Å²) in [6.07, 6.45) is 1.87. The van der Waals surface area contributed by atoms with Crippen molar-refractivity contribution in [3.8, 4) is 0 Å². The Bertz CT molecular complexity index is 398. The fourth-order valence-corrected chi connectivity index (χ4v) is 1.70. The minimum Gasteiger partial charge on any atom is -0.399 e. The van der Waals surface area contributed by atoms with Crippen molar-refractivity contribution >= 4 is 22.7 Å². The van der Waals surface area contributed by atoms with Crippen LogP contribution >= 0.6 is 11.3 Å². The first kappa shape index (κ1) is 9.02. The van der Waals surface area contributed by atoms with Gasteiger partial charge in [0.1, 0.15) is 0 Å². The predicted molar refractivity (Wildman–Crippen MR) is 60.3 cm³/mol. The van der Waals surface area contributed by atoms with E-state index in [1.54, 1.807) is 11.3 Å².